The van der Waals surface area contributed by atoms with Crippen LogP contribution in [0.5, 0.6) is 0 Å². The van der Waals surface area contributed by atoms with Gasteiger partial charge < -0.3 is 5.32 Å². The third-order valence-electron chi connectivity index (χ3n) is 2.50. The van der Waals surface area contributed by atoms with Gasteiger partial charge in [-0.05, 0) is 42.9 Å². The fourth-order valence-corrected chi connectivity index (χ4v) is 2.84. The first-order chi connectivity index (χ1) is 7.25. The van der Waals surface area contributed by atoms with Crippen molar-refractivity contribution in [2.24, 2.45) is 0 Å². The van der Waals surface area contributed by atoms with Gasteiger partial charge in [0.2, 0.25) is 5.28 Å². The summed E-state index contributed by atoms with van der Waals surface area (Å²) in [4.78, 5) is 8.15. The molecule has 0 bridgehead atoms. The molecule has 1 aliphatic rings. The van der Waals surface area contributed by atoms with Crippen molar-refractivity contribution >= 4 is 29.2 Å². The van der Waals surface area contributed by atoms with Crippen LogP contribution in [0.4, 0.5) is 5.82 Å². The minimum Gasteiger partial charge on any atom is -0.367 e. The maximum absolute atomic E-state index is 5.77. The highest BCUT2D eigenvalue weighted by Gasteiger charge is 2.14. The Bertz CT molecular complexity index is 339. The highest BCUT2D eigenvalue weighted by atomic mass is 35.5. The molecule has 2 heterocycles. The van der Waals surface area contributed by atoms with E-state index in [1.807, 2.05) is 18.7 Å². The molecule has 0 spiro atoms. The number of halogens is 1. The molecule has 15 heavy (non-hydrogen) atoms. The summed E-state index contributed by atoms with van der Waals surface area (Å²) in [6.07, 6.45) is 4.16. The van der Waals surface area contributed by atoms with Crippen LogP contribution in [0.1, 0.15) is 18.4 Å². The van der Waals surface area contributed by atoms with E-state index in [4.69, 9.17) is 11.6 Å². The van der Waals surface area contributed by atoms with E-state index in [0.29, 0.717) is 11.3 Å². The normalized spacial score (nSPS) is 17.7. The van der Waals surface area contributed by atoms with Gasteiger partial charge >= 0.3 is 0 Å². The number of rotatable bonds is 2. The largest absolute Gasteiger partial charge is 0.367 e. The molecule has 0 aliphatic carbocycles. The molecule has 0 radical (unpaired) electrons. The summed E-state index contributed by atoms with van der Waals surface area (Å²) < 4.78 is 0. The number of nitrogens with one attached hydrogen (secondary N) is 1. The third kappa shape index (κ3) is 2.98. The monoisotopic (exact) mass is 243 g/mol. The number of thioether (sulfide) groups is 1. The van der Waals surface area contributed by atoms with Crippen LogP contribution < -0.4 is 5.32 Å². The van der Waals surface area contributed by atoms with Crippen molar-refractivity contribution in [3.63, 3.8) is 0 Å². The number of aryl methyl sites for hydroxylation is 1. The second-order valence-corrected chi connectivity index (χ2v) is 5.26. The van der Waals surface area contributed by atoms with E-state index in [1.165, 1.54) is 24.3 Å². The Hall–Kier alpha value is -0.480. The van der Waals surface area contributed by atoms with Gasteiger partial charge in [-0.2, -0.15) is 11.8 Å². The average molecular weight is 244 g/mol. The fraction of sp³-hybridized carbons (Fsp3) is 0.600. The molecular formula is C10H14ClN3S. The molecule has 1 N–H and O–H groups in total. The summed E-state index contributed by atoms with van der Waals surface area (Å²) in [5.74, 6) is 3.34. The van der Waals surface area contributed by atoms with E-state index in [-0.39, 0.29) is 0 Å². The van der Waals surface area contributed by atoms with E-state index in [0.717, 1.165) is 11.4 Å². The average Bonchev–Trinajstić information content (AvgIpc) is 2.25. The Morgan fingerprint density at radius 1 is 1.47 bits per heavy atom. The summed E-state index contributed by atoms with van der Waals surface area (Å²) >= 11 is 7.79. The number of hydrogen-bond donors (Lipinski definition) is 1. The highest BCUT2D eigenvalue weighted by molar-refractivity contribution is 7.99. The molecule has 0 unspecified atom stereocenters. The quantitative estimate of drug-likeness (QED) is 0.811. The number of aromatic nitrogens is 2. The Morgan fingerprint density at radius 3 is 2.93 bits per heavy atom. The minimum atomic E-state index is 0.313. The molecule has 5 heteroatoms. The molecule has 0 atom stereocenters. The van der Waals surface area contributed by atoms with Crippen LogP contribution in [0.15, 0.2) is 6.20 Å². The topological polar surface area (TPSA) is 37.8 Å². The second kappa shape index (κ2) is 5.03. The lowest BCUT2D eigenvalue weighted by Gasteiger charge is -2.23. The van der Waals surface area contributed by atoms with Gasteiger partial charge in [-0.1, -0.05) is 0 Å². The summed E-state index contributed by atoms with van der Waals surface area (Å²) in [5.41, 5.74) is 1.05. The lowest BCUT2D eigenvalue weighted by Crippen LogP contribution is -2.25. The van der Waals surface area contributed by atoms with Crippen LogP contribution in [-0.2, 0) is 0 Å². The van der Waals surface area contributed by atoms with Crippen LogP contribution in [0.3, 0.4) is 0 Å². The molecule has 0 saturated carbocycles. The van der Waals surface area contributed by atoms with Crippen LogP contribution in [0, 0.1) is 6.92 Å². The van der Waals surface area contributed by atoms with Crippen LogP contribution in [0.2, 0.25) is 5.28 Å². The molecule has 0 aromatic carbocycles. The van der Waals surface area contributed by atoms with Crippen LogP contribution in [0.25, 0.3) is 0 Å². The molecule has 1 fully saturated rings. The van der Waals surface area contributed by atoms with Gasteiger partial charge in [-0.15, -0.1) is 0 Å². The van der Waals surface area contributed by atoms with Gasteiger partial charge in [0.1, 0.15) is 5.82 Å². The lowest BCUT2D eigenvalue weighted by atomic mass is 10.1. The van der Waals surface area contributed by atoms with E-state index >= 15 is 0 Å². The Morgan fingerprint density at radius 2 is 2.20 bits per heavy atom. The van der Waals surface area contributed by atoms with Crippen molar-refractivity contribution in [1.82, 2.24) is 9.97 Å². The van der Waals surface area contributed by atoms with E-state index in [1.54, 1.807) is 6.20 Å². The number of nitrogens with zero attached hydrogens (tertiary/aromatic N) is 2. The Kier molecular flexibility index (Phi) is 3.70. The van der Waals surface area contributed by atoms with Crippen molar-refractivity contribution < 1.29 is 0 Å². The predicted molar refractivity (Wildman–Crippen MR) is 65.7 cm³/mol. The smallest absolute Gasteiger partial charge is 0.224 e. The molecule has 1 aromatic heterocycles. The summed E-state index contributed by atoms with van der Waals surface area (Å²) in [5, 5.41) is 3.75. The van der Waals surface area contributed by atoms with Crippen molar-refractivity contribution in [3.05, 3.63) is 17.0 Å². The molecule has 82 valence electrons. The Labute approximate surface area is 99.0 Å². The maximum Gasteiger partial charge on any atom is 0.224 e. The van der Waals surface area contributed by atoms with Crippen molar-refractivity contribution in [3.8, 4) is 0 Å². The first-order valence-electron chi connectivity index (χ1n) is 5.09. The van der Waals surface area contributed by atoms with E-state index in [9.17, 15) is 0 Å². The molecule has 1 aliphatic heterocycles. The van der Waals surface area contributed by atoms with Gasteiger partial charge in [0.15, 0.2) is 0 Å². The molecule has 1 aromatic rings. The number of anilines is 1. The zero-order valence-electron chi connectivity index (χ0n) is 8.66. The zero-order chi connectivity index (χ0) is 10.7. The molecular weight excluding hydrogens is 230 g/mol. The van der Waals surface area contributed by atoms with E-state index in [2.05, 4.69) is 15.3 Å². The van der Waals surface area contributed by atoms with Crippen molar-refractivity contribution in [2.45, 2.75) is 25.8 Å². The first-order valence-corrected chi connectivity index (χ1v) is 6.62. The summed E-state index contributed by atoms with van der Waals surface area (Å²) in [7, 11) is 0. The van der Waals surface area contributed by atoms with E-state index < -0.39 is 0 Å². The second-order valence-electron chi connectivity index (χ2n) is 3.70. The van der Waals surface area contributed by atoms with Gasteiger partial charge in [0, 0.05) is 17.8 Å². The fourth-order valence-electron chi connectivity index (χ4n) is 1.60. The van der Waals surface area contributed by atoms with Gasteiger partial charge in [-0.25, -0.2) is 9.97 Å². The zero-order valence-corrected chi connectivity index (χ0v) is 10.2. The first kappa shape index (κ1) is 11.0. The van der Waals surface area contributed by atoms with Crippen molar-refractivity contribution in [1.29, 1.82) is 0 Å². The summed E-state index contributed by atoms with van der Waals surface area (Å²) in [6, 6.07) is 0.538. The molecule has 2 rings (SSSR count). The molecule has 3 nitrogen and oxygen atoms in total. The minimum absolute atomic E-state index is 0.313. The maximum atomic E-state index is 5.77. The van der Waals surface area contributed by atoms with Gasteiger partial charge in [-0.3, -0.25) is 0 Å². The number of hydrogen-bond acceptors (Lipinski definition) is 4. The highest BCUT2D eigenvalue weighted by Crippen LogP contribution is 2.21. The lowest BCUT2D eigenvalue weighted by molar-refractivity contribution is 0.662. The standard InChI is InChI=1S/C10H14ClN3S/c1-7-6-12-10(11)14-9(7)13-8-2-4-15-5-3-8/h6,8H,2-5H2,1H3,(H,12,13,14). The predicted octanol–water partition coefficient (Wildman–Crippen LogP) is 2.75. The van der Waals surface area contributed by atoms with Gasteiger partial charge in [0.25, 0.3) is 0 Å². The third-order valence-corrected chi connectivity index (χ3v) is 3.74. The summed E-state index contributed by atoms with van der Waals surface area (Å²) in [6.45, 7) is 2.00. The molecule has 1 saturated heterocycles. The SMILES string of the molecule is Cc1cnc(Cl)nc1NC1CCSCC1. The van der Waals surface area contributed by atoms with Crippen molar-refractivity contribution in [2.75, 3.05) is 16.8 Å². The van der Waals surface area contributed by atoms with Crippen LogP contribution >= 0.6 is 23.4 Å². The van der Waals surface area contributed by atoms with Gasteiger partial charge in [0.05, 0.1) is 0 Å². The molecule has 0 amide bonds. The Balaban J connectivity index is 2.05. The van der Waals surface area contributed by atoms with Crippen LogP contribution in [-0.4, -0.2) is 27.5 Å².